The molecule has 2 amide bonds. The van der Waals surface area contributed by atoms with Gasteiger partial charge in [0.2, 0.25) is 5.91 Å². The highest BCUT2D eigenvalue weighted by atomic mass is 35.5. The number of aryl methyl sites for hydroxylation is 2. The monoisotopic (exact) mass is 478 g/mol. The van der Waals surface area contributed by atoms with E-state index in [1.807, 2.05) is 40.7 Å². The van der Waals surface area contributed by atoms with Gasteiger partial charge in [0.1, 0.15) is 11.8 Å². The van der Waals surface area contributed by atoms with E-state index in [1.54, 1.807) is 18.2 Å². The van der Waals surface area contributed by atoms with Crippen LogP contribution in [0.3, 0.4) is 0 Å². The molecule has 0 saturated carbocycles. The molecule has 0 aliphatic rings. The summed E-state index contributed by atoms with van der Waals surface area (Å²) in [4.78, 5) is 27.7. The molecule has 32 heavy (non-hydrogen) atoms. The van der Waals surface area contributed by atoms with Crippen LogP contribution in [0.5, 0.6) is 5.75 Å². The molecule has 2 aromatic carbocycles. The molecule has 2 aromatic rings. The van der Waals surface area contributed by atoms with Gasteiger partial charge >= 0.3 is 0 Å². The average Bonchev–Trinajstić information content (AvgIpc) is 2.74. The fourth-order valence-corrected chi connectivity index (χ4v) is 3.96. The summed E-state index contributed by atoms with van der Waals surface area (Å²) in [7, 11) is 0. The SMILES string of the molecule is CCCNC(=O)C(CC)N(Cc1ccc(Cl)cc1Cl)C(=O)COc1cc(C)cc(C)c1C. The van der Waals surface area contributed by atoms with Crippen LogP contribution in [0.1, 0.15) is 48.9 Å². The topological polar surface area (TPSA) is 58.6 Å². The summed E-state index contributed by atoms with van der Waals surface area (Å²) in [5, 5.41) is 3.86. The van der Waals surface area contributed by atoms with Gasteiger partial charge in [0.05, 0.1) is 0 Å². The second-order valence-corrected chi connectivity index (χ2v) is 8.81. The smallest absolute Gasteiger partial charge is 0.261 e. The molecule has 0 aliphatic heterocycles. The number of carbonyl (C=O) groups is 2. The zero-order valence-electron chi connectivity index (χ0n) is 19.4. The van der Waals surface area contributed by atoms with Crippen LogP contribution in [0.15, 0.2) is 30.3 Å². The number of rotatable bonds is 10. The Hall–Kier alpha value is -2.24. The molecular weight excluding hydrogens is 447 g/mol. The number of benzene rings is 2. The summed E-state index contributed by atoms with van der Waals surface area (Å²) in [6, 6.07) is 8.49. The lowest BCUT2D eigenvalue weighted by atomic mass is 10.1. The van der Waals surface area contributed by atoms with Crippen molar-refractivity contribution in [1.29, 1.82) is 0 Å². The maximum absolute atomic E-state index is 13.3. The number of hydrogen-bond acceptors (Lipinski definition) is 3. The van der Waals surface area contributed by atoms with Crippen LogP contribution in [0.25, 0.3) is 0 Å². The van der Waals surface area contributed by atoms with Gasteiger partial charge in [-0.3, -0.25) is 9.59 Å². The Morgan fingerprint density at radius 1 is 1.09 bits per heavy atom. The van der Waals surface area contributed by atoms with Crippen LogP contribution in [-0.4, -0.2) is 35.9 Å². The molecule has 0 aromatic heterocycles. The number of nitrogens with one attached hydrogen (secondary N) is 1. The van der Waals surface area contributed by atoms with E-state index < -0.39 is 6.04 Å². The first-order valence-corrected chi connectivity index (χ1v) is 11.6. The molecule has 5 nitrogen and oxygen atoms in total. The third-order valence-electron chi connectivity index (χ3n) is 5.41. The van der Waals surface area contributed by atoms with Gasteiger partial charge in [0, 0.05) is 23.1 Å². The molecule has 0 radical (unpaired) electrons. The predicted octanol–water partition coefficient (Wildman–Crippen LogP) is 5.63. The minimum atomic E-state index is -0.635. The van der Waals surface area contributed by atoms with Crippen molar-refractivity contribution >= 4 is 35.0 Å². The summed E-state index contributed by atoms with van der Waals surface area (Å²) in [5.74, 6) is 0.201. The summed E-state index contributed by atoms with van der Waals surface area (Å²) in [6.07, 6.45) is 1.28. The summed E-state index contributed by atoms with van der Waals surface area (Å²) in [5.41, 5.74) is 3.87. The van der Waals surface area contributed by atoms with Crippen molar-refractivity contribution in [2.45, 2.75) is 60.0 Å². The van der Waals surface area contributed by atoms with E-state index in [9.17, 15) is 9.59 Å². The van der Waals surface area contributed by atoms with Crippen molar-refractivity contribution in [2.24, 2.45) is 0 Å². The Bertz CT molecular complexity index is 962. The van der Waals surface area contributed by atoms with E-state index in [2.05, 4.69) is 11.4 Å². The van der Waals surface area contributed by atoms with Gasteiger partial charge < -0.3 is 15.0 Å². The Balaban J connectivity index is 2.29. The van der Waals surface area contributed by atoms with E-state index in [1.165, 1.54) is 4.90 Å². The molecule has 1 atom stereocenters. The van der Waals surface area contributed by atoms with Crippen molar-refractivity contribution in [3.8, 4) is 5.75 Å². The number of nitrogens with zero attached hydrogens (tertiary/aromatic N) is 1. The van der Waals surface area contributed by atoms with Crippen molar-refractivity contribution in [3.63, 3.8) is 0 Å². The molecule has 0 fully saturated rings. The van der Waals surface area contributed by atoms with Crippen molar-refractivity contribution in [3.05, 3.63) is 62.6 Å². The lowest BCUT2D eigenvalue weighted by Gasteiger charge is -2.31. The molecule has 7 heteroatoms. The Labute approximate surface area is 201 Å². The highest BCUT2D eigenvalue weighted by Gasteiger charge is 2.29. The summed E-state index contributed by atoms with van der Waals surface area (Å²) in [6.45, 7) is 10.4. The van der Waals surface area contributed by atoms with Gasteiger partial charge in [0.25, 0.3) is 5.91 Å². The van der Waals surface area contributed by atoms with E-state index in [-0.39, 0.29) is 25.0 Å². The van der Waals surface area contributed by atoms with Crippen LogP contribution >= 0.6 is 23.2 Å². The number of halogens is 2. The third-order valence-corrected chi connectivity index (χ3v) is 5.99. The van der Waals surface area contributed by atoms with E-state index in [0.29, 0.717) is 34.3 Å². The molecule has 0 bridgehead atoms. The van der Waals surface area contributed by atoms with Gasteiger partial charge in [-0.1, -0.05) is 49.2 Å². The van der Waals surface area contributed by atoms with Crippen LogP contribution < -0.4 is 10.1 Å². The standard InChI is InChI=1S/C25H32Cl2N2O3/c1-6-10-28-25(31)22(7-2)29(14-19-8-9-20(26)13-21(19)27)24(30)15-32-23-12-16(3)11-17(4)18(23)5/h8-9,11-13,22H,6-7,10,14-15H2,1-5H3,(H,28,31). The molecule has 1 N–H and O–H groups in total. The highest BCUT2D eigenvalue weighted by Crippen LogP contribution is 2.25. The minimum absolute atomic E-state index is 0.174. The highest BCUT2D eigenvalue weighted by molar-refractivity contribution is 6.35. The molecule has 0 aliphatic carbocycles. The van der Waals surface area contributed by atoms with Crippen LogP contribution in [0.4, 0.5) is 0 Å². The molecule has 1 unspecified atom stereocenters. The maximum Gasteiger partial charge on any atom is 0.261 e. The second kappa shape index (κ2) is 12.1. The number of ether oxygens (including phenoxy) is 1. The van der Waals surface area contributed by atoms with Gasteiger partial charge in [0.15, 0.2) is 6.61 Å². The Morgan fingerprint density at radius 3 is 2.44 bits per heavy atom. The molecule has 0 spiro atoms. The minimum Gasteiger partial charge on any atom is -0.483 e. The third kappa shape index (κ3) is 6.88. The first-order valence-electron chi connectivity index (χ1n) is 10.9. The van der Waals surface area contributed by atoms with Crippen molar-refractivity contribution in [2.75, 3.05) is 13.2 Å². The predicted molar refractivity (Wildman–Crippen MR) is 131 cm³/mol. The first-order chi connectivity index (χ1) is 15.2. The maximum atomic E-state index is 13.3. The lowest BCUT2D eigenvalue weighted by Crippen LogP contribution is -2.50. The van der Waals surface area contributed by atoms with Crippen LogP contribution in [-0.2, 0) is 16.1 Å². The molecular formula is C25H32Cl2N2O3. The quantitative estimate of drug-likeness (QED) is 0.481. The molecule has 0 saturated heterocycles. The summed E-state index contributed by atoms with van der Waals surface area (Å²) < 4.78 is 5.91. The zero-order valence-corrected chi connectivity index (χ0v) is 20.9. The fourth-order valence-electron chi connectivity index (χ4n) is 3.49. The van der Waals surface area contributed by atoms with Gasteiger partial charge in [-0.2, -0.15) is 0 Å². The molecule has 2 rings (SSSR count). The van der Waals surface area contributed by atoms with Crippen molar-refractivity contribution in [1.82, 2.24) is 10.2 Å². The zero-order chi connectivity index (χ0) is 23.8. The van der Waals surface area contributed by atoms with E-state index in [4.69, 9.17) is 27.9 Å². The van der Waals surface area contributed by atoms with Gasteiger partial charge in [-0.25, -0.2) is 0 Å². The van der Waals surface area contributed by atoms with E-state index >= 15 is 0 Å². The normalized spacial score (nSPS) is 11.7. The molecule has 174 valence electrons. The number of carbonyl (C=O) groups excluding carboxylic acids is 2. The largest absolute Gasteiger partial charge is 0.483 e. The molecule has 0 heterocycles. The number of hydrogen-bond donors (Lipinski definition) is 1. The number of amides is 2. The van der Waals surface area contributed by atoms with Gasteiger partial charge in [-0.05, 0) is 74.1 Å². The Kier molecular flexibility index (Phi) is 9.85. The van der Waals surface area contributed by atoms with Crippen LogP contribution in [0.2, 0.25) is 10.0 Å². The first kappa shape index (κ1) is 26.0. The van der Waals surface area contributed by atoms with Crippen LogP contribution in [0, 0.1) is 20.8 Å². The Morgan fingerprint density at radius 2 is 1.81 bits per heavy atom. The lowest BCUT2D eigenvalue weighted by molar-refractivity contribution is -0.143. The van der Waals surface area contributed by atoms with Gasteiger partial charge in [-0.15, -0.1) is 0 Å². The van der Waals surface area contributed by atoms with Crippen molar-refractivity contribution < 1.29 is 14.3 Å². The average molecular weight is 479 g/mol. The van der Waals surface area contributed by atoms with E-state index in [0.717, 1.165) is 23.1 Å². The second-order valence-electron chi connectivity index (χ2n) is 7.97. The fraction of sp³-hybridized carbons (Fsp3) is 0.440. The summed E-state index contributed by atoms with van der Waals surface area (Å²) >= 11 is 12.4.